The molecule has 63 heavy (non-hydrogen) atoms. The van der Waals surface area contributed by atoms with Gasteiger partial charge in [-0.15, -0.1) is 0 Å². The molecule has 3 fully saturated rings. The number of ether oxygens (including phenoxy) is 3. The van der Waals surface area contributed by atoms with E-state index in [9.17, 15) is 39.3 Å². The zero-order chi connectivity index (χ0) is 46.6. The quantitative estimate of drug-likeness (QED) is 0.188. The minimum Gasteiger partial charge on any atom is -0.390 e. The normalized spacial score (nSPS) is 40.3. The van der Waals surface area contributed by atoms with Crippen molar-refractivity contribution in [3.05, 3.63) is 47.6 Å². The van der Waals surface area contributed by atoms with Crippen molar-refractivity contribution in [2.24, 2.45) is 41.4 Å². The van der Waals surface area contributed by atoms with Gasteiger partial charge in [0.05, 0.1) is 36.6 Å². The van der Waals surface area contributed by atoms with Crippen LogP contribution in [-0.4, -0.2) is 112 Å². The van der Waals surface area contributed by atoms with Crippen molar-refractivity contribution in [1.29, 1.82) is 0 Å². The van der Waals surface area contributed by atoms with E-state index in [2.05, 4.69) is 0 Å². The van der Waals surface area contributed by atoms with Gasteiger partial charge >= 0.3 is 0 Å². The van der Waals surface area contributed by atoms with Gasteiger partial charge in [-0.3, -0.25) is 24.0 Å². The minimum absolute atomic E-state index is 0.0103. The lowest BCUT2D eigenvalue weighted by Crippen LogP contribution is -2.60. The number of nitrogens with zero attached hydrogens (tertiary/aromatic N) is 1. The molecule has 0 aromatic rings. The largest absolute Gasteiger partial charge is 0.390 e. The molecular weight excluding hydrogens is 803 g/mol. The molecule has 1 amide bonds. The second-order valence-electron chi connectivity index (χ2n) is 19.7. The molecular formula is C51H79NO11. The number of aliphatic hydroxyl groups excluding tert-OH is 2. The maximum Gasteiger partial charge on any atom is 0.296 e. The van der Waals surface area contributed by atoms with Crippen LogP contribution < -0.4 is 0 Å². The van der Waals surface area contributed by atoms with Crippen molar-refractivity contribution in [2.75, 3.05) is 20.8 Å². The van der Waals surface area contributed by atoms with Gasteiger partial charge < -0.3 is 34.4 Å². The Morgan fingerprint density at radius 1 is 0.810 bits per heavy atom. The molecule has 354 valence electrons. The van der Waals surface area contributed by atoms with Gasteiger partial charge in [-0.1, -0.05) is 71.1 Å². The summed E-state index contributed by atoms with van der Waals surface area (Å²) in [6.45, 7) is 13.3. The van der Waals surface area contributed by atoms with Crippen molar-refractivity contribution >= 4 is 29.0 Å². The van der Waals surface area contributed by atoms with E-state index in [0.29, 0.717) is 69.8 Å². The Bertz CT molecular complexity index is 1700. The van der Waals surface area contributed by atoms with Crippen LogP contribution in [0.1, 0.15) is 138 Å². The average molecular weight is 882 g/mol. The molecule has 0 aromatic carbocycles. The first-order valence-corrected chi connectivity index (χ1v) is 23.7. The van der Waals surface area contributed by atoms with Gasteiger partial charge in [0.25, 0.3) is 11.7 Å². The van der Waals surface area contributed by atoms with Gasteiger partial charge in [0.1, 0.15) is 11.6 Å². The van der Waals surface area contributed by atoms with E-state index in [-0.39, 0.29) is 79.0 Å². The van der Waals surface area contributed by atoms with Gasteiger partial charge in [0, 0.05) is 64.2 Å². The highest BCUT2D eigenvalue weighted by Gasteiger charge is 2.53. The number of rotatable bonds is 5. The Morgan fingerprint density at radius 2 is 1.52 bits per heavy atom. The van der Waals surface area contributed by atoms with E-state index < -0.39 is 59.6 Å². The molecule has 0 radical (unpaired) electrons. The van der Waals surface area contributed by atoms with E-state index >= 15 is 0 Å². The van der Waals surface area contributed by atoms with Gasteiger partial charge in [0.15, 0.2) is 5.78 Å². The molecule has 2 saturated heterocycles. The van der Waals surface area contributed by atoms with Crippen LogP contribution in [0.3, 0.4) is 0 Å². The zero-order valence-electron chi connectivity index (χ0n) is 39.6. The van der Waals surface area contributed by atoms with E-state index in [1.165, 1.54) is 4.90 Å². The number of amides is 1. The summed E-state index contributed by atoms with van der Waals surface area (Å²) in [6, 6.07) is -0.900. The summed E-state index contributed by atoms with van der Waals surface area (Å²) in [7, 11) is 3.19. The lowest BCUT2D eigenvalue weighted by atomic mass is 9.74. The molecule has 3 aliphatic heterocycles. The van der Waals surface area contributed by atoms with Crippen molar-refractivity contribution in [2.45, 2.75) is 181 Å². The van der Waals surface area contributed by atoms with Crippen LogP contribution in [0, 0.1) is 41.4 Å². The van der Waals surface area contributed by atoms with Crippen LogP contribution in [0.25, 0.3) is 0 Å². The van der Waals surface area contributed by atoms with Crippen molar-refractivity contribution in [3.63, 3.8) is 0 Å². The lowest BCUT2D eigenvalue weighted by Gasteiger charge is -2.43. The molecule has 1 saturated carbocycles. The summed E-state index contributed by atoms with van der Waals surface area (Å²) in [5.41, 5.74) is 1.44. The predicted octanol–water partition coefficient (Wildman–Crippen LogP) is 7.22. The number of methoxy groups -OCH3 is 2. The van der Waals surface area contributed by atoms with Crippen LogP contribution in [0.2, 0.25) is 0 Å². The zero-order valence-corrected chi connectivity index (χ0v) is 39.6. The van der Waals surface area contributed by atoms with Crippen molar-refractivity contribution < 1.29 is 53.5 Å². The number of ketones is 4. The van der Waals surface area contributed by atoms with E-state index in [0.717, 1.165) is 12.0 Å². The number of carbonyl (C=O) groups excluding carboxylic acids is 5. The Morgan fingerprint density at radius 3 is 2.22 bits per heavy atom. The van der Waals surface area contributed by atoms with Gasteiger partial charge in [-0.2, -0.15) is 0 Å². The Labute approximate surface area is 376 Å². The van der Waals surface area contributed by atoms with Crippen LogP contribution in [0.4, 0.5) is 0 Å². The van der Waals surface area contributed by atoms with Crippen LogP contribution >= 0.6 is 0 Å². The summed E-state index contributed by atoms with van der Waals surface area (Å²) in [5.74, 6) is -6.49. The summed E-state index contributed by atoms with van der Waals surface area (Å²) >= 11 is 0. The maximum absolute atomic E-state index is 14.5. The first kappa shape index (κ1) is 52.5. The van der Waals surface area contributed by atoms with Crippen molar-refractivity contribution in [1.82, 2.24) is 4.90 Å². The topological polar surface area (TPSA) is 177 Å². The molecule has 1 aliphatic carbocycles. The molecule has 0 aromatic heterocycles. The highest BCUT2D eigenvalue weighted by molar-refractivity contribution is 6.39. The summed E-state index contributed by atoms with van der Waals surface area (Å²) < 4.78 is 17.6. The summed E-state index contributed by atoms with van der Waals surface area (Å²) in [5, 5.41) is 33.5. The van der Waals surface area contributed by atoms with Crippen LogP contribution in [0.5, 0.6) is 0 Å². The van der Waals surface area contributed by atoms with Crippen LogP contribution in [-0.2, 0) is 38.2 Å². The fourth-order valence-electron chi connectivity index (χ4n) is 10.2. The Balaban J connectivity index is 1.67. The highest BCUT2D eigenvalue weighted by Crippen LogP contribution is 2.39. The number of Topliss-reactive ketones (excluding diaryl/α,β-unsaturated/α-hetero) is 4. The minimum atomic E-state index is -2.38. The first-order valence-electron chi connectivity index (χ1n) is 23.7. The molecule has 2 bridgehead atoms. The molecule has 4 aliphatic rings. The number of aliphatic hydroxyl groups is 3. The van der Waals surface area contributed by atoms with Gasteiger partial charge in [-0.25, -0.2) is 0 Å². The number of hydrogen-bond donors (Lipinski definition) is 3. The second kappa shape index (κ2) is 24.4. The van der Waals surface area contributed by atoms with Gasteiger partial charge in [0.2, 0.25) is 5.79 Å². The SMILES string of the molecule is CO[C@H]1C[C@@H]2CC[C@@H](C)[C@@](O)(O2)C(=O)C(=O)N2CCCCC2C(=O)C[C@H]([C@H](C)CC2CC[C@@H](O)[C@H](OC)C2)CC(=O)[C@H](C)/C=C(\C)[C@@H](O)CC(=O)[C@H](C)C[C@H](C)/C=C/C=C/C=C/1C. The highest BCUT2D eigenvalue weighted by atomic mass is 16.6. The number of allylic oxidation sites excluding steroid dienone is 6. The lowest BCUT2D eigenvalue weighted by molar-refractivity contribution is -0.265. The fraction of sp³-hybridized carbons (Fsp3) is 0.745. The molecule has 3 heterocycles. The molecule has 4 rings (SSSR count). The maximum atomic E-state index is 14.5. The monoisotopic (exact) mass is 882 g/mol. The van der Waals surface area contributed by atoms with E-state index in [1.54, 1.807) is 41.1 Å². The summed E-state index contributed by atoms with van der Waals surface area (Å²) in [6.07, 6.45) is 15.0. The molecule has 14 atom stereocenters. The fourth-order valence-corrected chi connectivity index (χ4v) is 10.2. The number of carbonyl (C=O) groups is 5. The third-order valence-corrected chi connectivity index (χ3v) is 14.7. The summed E-state index contributed by atoms with van der Waals surface area (Å²) in [4.78, 5) is 71.6. The third kappa shape index (κ3) is 14.4. The predicted molar refractivity (Wildman–Crippen MR) is 242 cm³/mol. The molecule has 12 nitrogen and oxygen atoms in total. The molecule has 2 unspecified atom stereocenters. The standard InChI is InChI=1S/C51H79NO11/c1-31-15-11-10-12-16-32(2)47(61-8)29-40-20-18-37(7)51(60,63-40)49(58)50(59)52-22-14-13-17-41(52)46(57)28-39(33(3)25-38-19-21-42(53)48(26-38)62-9)27-43(54)35(5)24-36(6)45(56)30-44(55)34(4)23-31/h10-12,15-16,24,31,33-35,37-42,45,47-48,53,56,60H,13-14,17-23,25-30H2,1-9H3/b12-10+,15-11+,32-16+,36-24+/t31-,33-,34-,35-,37-,38?,39-,40+,41?,42-,45+,47+,48-,51-/m1/s1. The number of hydrogen-bond acceptors (Lipinski definition) is 11. The van der Waals surface area contributed by atoms with E-state index in [1.807, 2.05) is 58.1 Å². The van der Waals surface area contributed by atoms with E-state index in [4.69, 9.17) is 14.2 Å². The first-order chi connectivity index (χ1) is 29.8. The van der Waals surface area contributed by atoms with Crippen molar-refractivity contribution in [3.8, 4) is 0 Å². The smallest absolute Gasteiger partial charge is 0.296 e. The Hall–Kier alpha value is -3.13. The average Bonchev–Trinajstić information content (AvgIpc) is 3.25. The Kier molecular flexibility index (Phi) is 20.3. The van der Waals surface area contributed by atoms with Crippen LogP contribution in [0.15, 0.2) is 47.6 Å². The second-order valence-corrected chi connectivity index (χ2v) is 19.7. The van der Waals surface area contributed by atoms with Gasteiger partial charge in [-0.05, 0) is 113 Å². The number of fused-ring (bicyclic) bond motifs is 3. The molecule has 12 heteroatoms. The number of piperidine rings is 1. The third-order valence-electron chi connectivity index (χ3n) is 14.7. The molecule has 0 spiro atoms. The molecule has 3 N–H and O–H groups in total.